The van der Waals surface area contributed by atoms with Gasteiger partial charge in [0.05, 0.1) is 17.9 Å². The predicted molar refractivity (Wildman–Crippen MR) is 65.7 cm³/mol. The van der Waals surface area contributed by atoms with Gasteiger partial charge in [0.2, 0.25) is 5.91 Å². The Hall–Kier alpha value is -1.49. The second-order valence-electron chi connectivity index (χ2n) is 3.78. The molecule has 0 saturated carbocycles. The smallest absolute Gasteiger partial charge is 0.337 e. The number of hydrogen-bond acceptors (Lipinski definition) is 4. The lowest BCUT2D eigenvalue weighted by atomic mass is 10.1. The van der Waals surface area contributed by atoms with E-state index in [1.54, 1.807) is 23.9 Å². The number of thioether (sulfide) groups is 1. The van der Waals surface area contributed by atoms with Crippen molar-refractivity contribution in [3.63, 3.8) is 0 Å². The van der Waals surface area contributed by atoms with Gasteiger partial charge in [-0.1, -0.05) is 12.1 Å². The van der Waals surface area contributed by atoms with E-state index in [1.165, 1.54) is 7.11 Å². The van der Waals surface area contributed by atoms with E-state index in [4.69, 9.17) is 0 Å². The molecule has 1 aliphatic heterocycles. The second-order valence-corrected chi connectivity index (χ2v) is 5.23. The summed E-state index contributed by atoms with van der Waals surface area (Å²) in [5.74, 6) is -0.301. The molecule has 0 aromatic heterocycles. The first-order valence-electron chi connectivity index (χ1n) is 5.26. The van der Waals surface area contributed by atoms with E-state index in [0.29, 0.717) is 5.56 Å². The molecule has 0 radical (unpaired) electrons. The molecular weight excluding hydrogens is 238 g/mol. The highest BCUT2D eigenvalue weighted by Crippen LogP contribution is 2.35. The molecule has 1 saturated heterocycles. The molecule has 1 amide bonds. The summed E-state index contributed by atoms with van der Waals surface area (Å²) in [7, 11) is 1.35. The van der Waals surface area contributed by atoms with Crippen LogP contribution in [-0.4, -0.2) is 24.2 Å². The van der Waals surface area contributed by atoms with E-state index in [-0.39, 0.29) is 22.5 Å². The summed E-state index contributed by atoms with van der Waals surface area (Å²) < 4.78 is 4.62. The van der Waals surface area contributed by atoms with E-state index >= 15 is 0 Å². The van der Waals surface area contributed by atoms with Crippen molar-refractivity contribution in [1.29, 1.82) is 0 Å². The first-order chi connectivity index (χ1) is 8.11. The monoisotopic (exact) mass is 251 g/mol. The average molecular weight is 251 g/mol. The van der Waals surface area contributed by atoms with E-state index in [0.717, 1.165) is 5.56 Å². The van der Waals surface area contributed by atoms with Crippen LogP contribution in [0.3, 0.4) is 0 Å². The van der Waals surface area contributed by atoms with Crippen LogP contribution in [0, 0.1) is 0 Å². The maximum atomic E-state index is 11.4. The molecule has 90 valence electrons. The number of rotatable bonds is 2. The van der Waals surface area contributed by atoms with Crippen molar-refractivity contribution in [1.82, 2.24) is 5.32 Å². The van der Waals surface area contributed by atoms with Crippen LogP contribution in [0.4, 0.5) is 0 Å². The Morgan fingerprint density at radius 2 is 2.00 bits per heavy atom. The van der Waals surface area contributed by atoms with Crippen molar-refractivity contribution < 1.29 is 14.3 Å². The van der Waals surface area contributed by atoms with Gasteiger partial charge in [-0.05, 0) is 24.6 Å². The van der Waals surface area contributed by atoms with E-state index in [9.17, 15) is 9.59 Å². The lowest BCUT2D eigenvalue weighted by Gasteiger charge is -2.09. The predicted octanol–water partition coefficient (Wildman–Crippen LogP) is 1.72. The minimum atomic E-state index is -0.354. The molecule has 0 unspecified atom stereocenters. The van der Waals surface area contributed by atoms with Gasteiger partial charge in [0, 0.05) is 0 Å². The fourth-order valence-corrected chi connectivity index (χ4v) is 2.72. The summed E-state index contributed by atoms with van der Waals surface area (Å²) in [5, 5.41) is 2.84. The van der Waals surface area contributed by atoms with Crippen LogP contribution >= 0.6 is 11.8 Å². The highest BCUT2D eigenvalue weighted by atomic mass is 32.2. The molecular formula is C12H13NO3S. The zero-order valence-electron chi connectivity index (χ0n) is 9.60. The van der Waals surface area contributed by atoms with Crippen LogP contribution in [0.1, 0.15) is 28.2 Å². The van der Waals surface area contributed by atoms with Gasteiger partial charge in [0.25, 0.3) is 0 Å². The Balaban J connectivity index is 2.14. The van der Waals surface area contributed by atoms with Crippen LogP contribution in [0.25, 0.3) is 0 Å². The average Bonchev–Trinajstić information content (AvgIpc) is 2.69. The minimum Gasteiger partial charge on any atom is -0.465 e. The van der Waals surface area contributed by atoms with Crippen molar-refractivity contribution in [3.8, 4) is 0 Å². The maximum absolute atomic E-state index is 11.4. The number of hydrogen-bond donors (Lipinski definition) is 1. The molecule has 1 aromatic rings. The fraction of sp³-hybridized carbons (Fsp3) is 0.333. The zero-order valence-corrected chi connectivity index (χ0v) is 10.4. The fourth-order valence-electron chi connectivity index (χ4n) is 1.62. The van der Waals surface area contributed by atoms with Crippen molar-refractivity contribution in [2.75, 3.05) is 7.11 Å². The highest BCUT2D eigenvalue weighted by Gasteiger charge is 2.29. The van der Waals surface area contributed by atoms with Crippen molar-refractivity contribution in [2.24, 2.45) is 0 Å². The summed E-state index contributed by atoms with van der Waals surface area (Å²) in [6.45, 7) is 1.88. The molecule has 2 atom stereocenters. The van der Waals surface area contributed by atoms with Gasteiger partial charge in [0.15, 0.2) is 0 Å². The van der Waals surface area contributed by atoms with Crippen LogP contribution < -0.4 is 5.32 Å². The normalized spacial score (nSPS) is 23.3. The second kappa shape index (κ2) is 4.79. The largest absolute Gasteiger partial charge is 0.465 e. The summed E-state index contributed by atoms with van der Waals surface area (Å²) >= 11 is 1.57. The van der Waals surface area contributed by atoms with Gasteiger partial charge in [-0.3, -0.25) is 4.79 Å². The molecule has 1 N–H and O–H groups in total. The molecule has 1 aromatic carbocycles. The zero-order chi connectivity index (χ0) is 12.4. The highest BCUT2D eigenvalue weighted by molar-refractivity contribution is 8.01. The third-order valence-electron chi connectivity index (χ3n) is 2.62. The third kappa shape index (κ3) is 2.44. The Morgan fingerprint density at radius 1 is 1.35 bits per heavy atom. The maximum Gasteiger partial charge on any atom is 0.337 e. The molecule has 4 nitrogen and oxygen atoms in total. The van der Waals surface area contributed by atoms with Gasteiger partial charge in [-0.25, -0.2) is 4.79 Å². The number of nitrogens with one attached hydrogen (secondary N) is 1. The number of benzene rings is 1. The number of carbonyl (C=O) groups is 2. The van der Waals surface area contributed by atoms with E-state index < -0.39 is 0 Å². The molecule has 17 heavy (non-hydrogen) atoms. The lowest BCUT2D eigenvalue weighted by molar-refractivity contribution is -0.119. The summed E-state index contributed by atoms with van der Waals surface area (Å²) in [5.41, 5.74) is 1.50. The van der Waals surface area contributed by atoms with Crippen molar-refractivity contribution in [2.45, 2.75) is 17.5 Å². The standard InChI is InChI=1S/C12H13NO3S/c1-7-10(14)13-11(17-7)8-3-5-9(6-4-8)12(15)16-2/h3-7,11H,1-2H3,(H,13,14)/t7-,11-/m0/s1. The van der Waals surface area contributed by atoms with Gasteiger partial charge in [-0.2, -0.15) is 0 Å². The van der Waals surface area contributed by atoms with Gasteiger partial charge in [0.1, 0.15) is 5.37 Å². The summed E-state index contributed by atoms with van der Waals surface area (Å²) in [6.07, 6.45) is 0. The Bertz CT molecular complexity index is 444. The Labute approximate surface area is 104 Å². The van der Waals surface area contributed by atoms with E-state index in [1.807, 2.05) is 19.1 Å². The topological polar surface area (TPSA) is 55.4 Å². The molecule has 1 aliphatic rings. The molecule has 1 fully saturated rings. The molecule has 5 heteroatoms. The number of amides is 1. The molecule has 0 bridgehead atoms. The van der Waals surface area contributed by atoms with Crippen LogP contribution in [0.15, 0.2) is 24.3 Å². The van der Waals surface area contributed by atoms with Crippen molar-refractivity contribution in [3.05, 3.63) is 35.4 Å². The molecule has 2 rings (SSSR count). The molecule has 0 spiro atoms. The summed E-state index contributed by atoms with van der Waals surface area (Å²) in [6, 6.07) is 7.08. The van der Waals surface area contributed by atoms with Crippen molar-refractivity contribution >= 4 is 23.6 Å². The number of carbonyl (C=O) groups excluding carboxylic acids is 2. The SMILES string of the molecule is COC(=O)c1ccc([C@H]2NC(=O)[C@H](C)S2)cc1. The minimum absolute atomic E-state index is 0.0239. The number of esters is 1. The molecule has 1 heterocycles. The van der Waals surface area contributed by atoms with Gasteiger partial charge in [-0.15, -0.1) is 11.8 Å². The van der Waals surface area contributed by atoms with Crippen LogP contribution in [-0.2, 0) is 9.53 Å². The first kappa shape index (κ1) is 12.0. The summed E-state index contributed by atoms with van der Waals surface area (Å²) in [4.78, 5) is 22.6. The first-order valence-corrected chi connectivity index (χ1v) is 6.20. The van der Waals surface area contributed by atoms with Gasteiger partial charge >= 0.3 is 5.97 Å². The molecule has 0 aliphatic carbocycles. The number of ether oxygens (including phenoxy) is 1. The van der Waals surface area contributed by atoms with Crippen LogP contribution in [0.5, 0.6) is 0 Å². The van der Waals surface area contributed by atoms with Gasteiger partial charge < -0.3 is 10.1 Å². The quantitative estimate of drug-likeness (QED) is 0.813. The lowest BCUT2D eigenvalue weighted by Crippen LogP contribution is -2.22. The Kier molecular flexibility index (Phi) is 3.38. The Morgan fingerprint density at radius 3 is 2.47 bits per heavy atom. The van der Waals surface area contributed by atoms with Crippen LogP contribution in [0.2, 0.25) is 0 Å². The number of methoxy groups -OCH3 is 1. The van der Waals surface area contributed by atoms with E-state index in [2.05, 4.69) is 10.1 Å². The third-order valence-corrected chi connectivity index (χ3v) is 3.90.